The van der Waals surface area contributed by atoms with Gasteiger partial charge in [0.15, 0.2) is 0 Å². The van der Waals surface area contributed by atoms with Gasteiger partial charge >= 0.3 is 12.2 Å². The molecule has 8 nitrogen and oxygen atoms in total. The quantitative estimate of drug-likeness (QED) is 0.398. The van der Waals surface area contributed by atoms with Crippen LogP contribution in [0.15, 0.2) is 34.8 Å². The van der Waals surface area contributed by atoms with Crippen LogP contribution in [0.2, 0.25) is 0 Å². The van der Waals surface area contributed by atoms with E-state index in [-0.39, 0.29) is 0 Å². The molecule has 0 bridgehead atoms. The lowest BCUT2D eigenvalue weighted by Crippen LogP contribution is -2.22. The molecule has 0 aliphatic rings. The van der Waals surface area contributed by atoms with E-state index in [2.05, 4.69) is 23.4 Å². The third-order valence-electron chi connectivity index (χ3n) is 3.11. The van der Waals surface area contributed by atoms with E-state index in [9.17, 15) is 9.59 Å². The molecule has 0 saturated carbocycles. The summed E-state index contributed by atoms with van der Waals surface area (Å²) in [5.41, 5.74) is 0. The normalized spacial score (nSPS) is 10.6. The van der Waals surface area contributed by atoms with Crippen molar-refractivity contribution < 1.29 is 19.1 Å². The molecule has 0 atom stereocenters. The zero-order chi connectivity index (χ0) is 18.9. The van der Waals surface area contributed by atoms with Gasteiger partial charge in [-0.1, -0.05) is 19.3 Å². The monoisotopic (exact) mass is 352 g/mol. The largest absolute Gasteiger partial charge is 0.449 e. The topological polar surface area (TPSA) is 83.8 Å². The molecule has 0 aliphatic heterocycles. The Morgan fingerprint density at radius 3 is 1.52 bits per heavy atom. The van der Waals surface area contributed by atoms with Crippen LogP contribution in [-0.2, 0) is 9.47 Å². The standard InChI is InChI=1S/C17H28N4O4/c1-18-10-12-20(3)16(22)24-14-8-6-5-7-9-15-25-17(23)21(4)13-11-19-2/h10-13H,1-2,5-9,14-15H2,3-4H3/b12-10-,13-11-. The average molecular weight is 352 g/mol. The number of rotatable bonds is 12. The fourth-order valence-corrected chi connectivity index (χ4v) is 1.67. The molecule has 140 valence electrons. The number of ether oxygens (including phenoxy) is 2. The summed E-state index contributed by atoms with van der Waals surface area (Å²) >= 11 is 0. The molecule has 0 N–H and O–H groups in total. The Hall–Kier alpha value is -2.64. The molecule has 0 aromatic carbocycles. The fourth-order valence-electron chi connectivity index (χ4n) is 1.67. The van der Waals surface area contributed by atoms with Crippen molar-refractivity contribution >= 4 is 25.6 Å². The van der Waals surface area contributed by atoms with Gasteiger partial charge in [-0.05, 0) is 26.3 Å². The van der Waals surface area contributed by atoms with Gasteiger partial charge < -0.3 is 9.47 Å². The van der Waals surface area contributed by atoms with Crippen molar-refractivity contribution in [3.8, 4) is 0 Å². The van der Waals surface area contributed by atoms with Crippen molar-refractivity contribution in [2.75, 3.05) is 27.3 Å². The summed E-state index contributed by atoms with van der Waals surface area (Å²) in [6.45, 7) is 7.32. The van der Waals surface area contributed by atoms with Crippen LogP contribution in [0.5, 0.6) is 0 Å². The second-order valence-corrected chi connectivity index (χ2v) is 5.18. The number of nitrogens with zero attached hydrogens (tertiary/aromatic N) is 4. The van der Waals surface area contributed by atoms with Gasteiger partial charge in [-0.3, -0.25) is 19.8 Å². The molecule has 0 unspecified atom stereocenters. The number of amides is 2. The third kappa shape index (κ3) is 12.4. The Kier molecular flexibility index (Phi) is 13.3. The second-order valence-electron chi connectivity index (χ2n) is 5.18. The first-order chi connectivity index (χ1) is 12.0. The number of hydrogen-bond acceptors (Lipinski definition) is 6. The van der Waals surface area contributed by atoms with Crippen molar-refractivity contribution in [1.82, 2.24) is 9.80 Å². The molecule has 0 aromatic rings. The Morgan fingerprint density at radius 1 is 0.800 bits per heavy atom. The molecule has 8 heteroatoms. The van der Waals surface area contributed by atoms with Crippen LogP contribution < -0.4 is 0 Å². The Labute approximate surface area is 149 Å². The van der Waals surface area contributed by atoms with Gasteiger partial charge in [0.1, 0.15) is 0 Å². The summed E-state index contributed by atoms with van der Waals surface area (Å²) in [6, 6.07) is 0. The highest BCUT2D eigenvalue weighted by Crippen LogP contribution is 2.05. The SMILES string of the molecule is C=N/C=C\N(C)C(=O)OCCCCCCCOC(=O)N(C)/C=C\N=C. The maximum absolute atomic E-state index is 11.5. The minimum absolute atomic E-state index is 0.377. The first kappa shape index (κ1) is 22.4. The van der Waals surface area contributed by atoms with Gasteiger partial charge in [0.25, 0.3) is 0 Å². The molecular weight excluding hydrogens is 324 g/mol. The molecule has 0 saturated heterocycles. The van der Waals surface area contributed by atoms with E-state index in [1.807, 2.05) is 0 Å². The van der Waals surface area contributed by atoms with Crippen LogP contribution >= 0.6 is 0 Å². The van der Waals surface area contributed by atoms with E-state index in [0.29, 0.717) is 13.2 Å². The van der Waals surface area contributed by atoms with Crippen molar-refractivity contribution in [2.24, 2.45) is 9.98 Å². The van der Waals surface area contributed by atoms with Gasteiger partial charge in [-0.2, -0.15) is 0 Å². The van der Waals surface area contributed by atoms with Gasteiger partial charge in [-0.25, -0.2) is 9.59 Å². The zero-order valence-electron chi connectivity index (χ0n) is 15.1. The highest BCUT2D eigenvalue weighted by molar-refractivity contribution is 5.68. The van der Waals surface area contributed by atoms with Crippen molar-refractivity contribution in [3.05, 3.63) is 24.8 Å². The minimum Gasteiger partial charge on any atom is -0.449 e. The Morgan fingerprint density at radius 2 is 1.16 bits per heavy atom. The van der Waals surface area contributed by atoms with Gasteiger partial charge in [0, 0.05) is 38.9 Å². The number of carbonyl (C=O) groups excluding carboxylic acids is 2. The maximum Gasteiger partial charge on any atom is 0.413 e. The molecule has 0 radical (unpaired) electrons. The predicted molar refractivity (Wildman–Crippen MR) is 98.7 cm³/mol. The molecule has 0 fully saturated rings. The van der Waals surface area contributed by atoms with Crippen LogP contribution in [0.1, 0.15) is 32.1 Å². The van der Waals surface area contributed by atoms with Crippen LogP contribution in [0.3, 0.4) is 0 Å². The number of carbonyl (C=O) groups is 2. The highest BCUT2D eigenvalue weighted by Gasteiger charge is 2.07. The Balaban J connectivity index is 3.56. The molecule has 25 heavy (non-hydrogen) atoms. The molecular formula is C17H28N4O4. The van der Waals surface area contributed by atoms with Crippen LogP contribution in [-0.4, -0.2) is 62.7 Å². The van der Waals surface area contributed by atoms with Crippen LogP contribution in [0.25, 0.3) is 0 Å². The highest BCUT2D eigenvalue weighted by atomic mass is 16.6. The molecule has 0 aliphatic carbocycles. The van der Waals surface area contributed by atoms with E-state index < -0.39 is 12.2 Å². The second kappa shape index (κ2) is 14.9. The molecule has 0 heterocycles. The number of aliphatic imine (C=N–C) groups is 2. The third-order valence-corrected chi connectivity index (χ3v) is 3.11. The van der Waals surface area contributed by atoms with Crippen LogP contribution in [0.4, 0.5) is 9.59 Å². The van der Waals surface area contributed by atoms with E-state index >= 15 is 0 Å². The maximum atomic E-state index is 11.5. The van der Waals surface area contributed by atoms with Gasteiger partial charge in [0.05, 0.1) is 13.2 Å². The molecule has 0 rings (SSSR count). The lowest BCUT2D eigenvalue weighted by Gasteiger charge is -2.12. The summed E-state index contributed by atoms with van der Waals surface area (Å²) in [7, 11) is 3.18. The van der Waals surface area contributed by atoms with Crippen molar-refractivity contribution in [2.45, 2.75) is 32.1 Å². The number of hydrogen-bond donors (Lipinski definition) is 0. The van der Waals surface area contributed by atoms with E-state index in [4.69, 9.17) is 9.47 Å². The van der Waals surface area contributed by atoms with E-state index in [1.54, 1.807) is 14.1 Å². The van der Waals surface area contributed by atoms with Gasteiger partial charge in [-0.15, -0.1) is 0 Å². The zero-order valence-corrected chi connectivity index (χ0v) is 15.1. The lowest BCUT2D eigenvalue weighted by atomic mass is 10.1. The lowest BCUT2D eigenvalue weighted by molar-refractivity contribution is 0.120. The Bertz CT molecular complexity index is 435. The first-order valence-corrected chi connectivity index (χ1v) is 8.07. The van der Waals surface area contributed by atoms with Gasteiger partial charge in [0.2, 0.25) is 0 Å². The summed E-state index contributed by atoms with van der Waals surface area (Å²) in [5.74, 6) is 0. The fraction of sp³-hybridized carbons (Fsp3) is 0.529. The van der Waals surface area contributed by atoms with E-state index in [0.717, 1.165) is 32.1 Å². The molecule has 0 spiro atoms. The average Bonchev–Trinajstić information content (AvgIpc) is 2.61. The predicted octanol–water partition coefficient (Wildman–Crippen LogP) is 3.42. The summed E-state index contributed by atoms with van der Waals surface area (Å²) in [6.07, 6.45) is 9.43. The number of unbranched alkanes of at least 4 members (excludes halogenated alkanes) is 4. The smallest absolute Gasteiger partial charge is 0.413 e. The summed E-state index contributed by atoms with van der Waals surface area (Å²) in [5, 5.41) is 0. The molecule has 0 aromatic heterocycles. The van der Waals surface area contributed by atoms with E-state index in [1.165, 1.54) is 34.6 Å². The van der Waals surface area contributed by atoms with Crippen molar-refractivity contribution in [1.29, 1.82) is 0 Å². The first-order valence-electron chi connectivity index (χ1n) is 8.07. The minimum atomic E-state index is -0.420. The summed E-state index contributed by atoms with van der Waals surface area (Å²) < 4.78 is 10.2. The van der Waals surface area contributed by atoms with Crippen molar-refractivity contribution in [3.63, 3.8) is 0 Å². The summed E-state index contributed by atoms with van der Waals surface area (Å²) in [4.78, 5) is 32.7. The van der Waals surface area contributed by atoms with Crippen LogP contribution in [0, 0.1) is 0 Å². The molecule has 2 amide bonds.